The molecule has 18 heavy (non-hydrogen) atoms. The molecular formula is C16H24N2. The molecule has 1 N–H and O–H groups in total. The zero-order chi connectivity index (χ0) is 12.5. The van der Waals surface area contributed by atoms with Gasteiger partial charge < -0.3 is 10.2 Å². The van der Waals surface area contributed by atoms with Gasteiger partial charge in [-0.1, -0.05) is 25.1 Å². The Kier molecular flexibility index (Phi) is 3.29. The van der Waals surface area contributed by atoms with Crippen LogP contribution in [0, 0.1) is 11.8 Å². The molecule has 1 saturated carbocycles. The van der Waals surface area contributed by atoms with Crippen LogP contribution in [-0.2, 0) is 6.42 Å². The highest BCUT2D eigenvalue weighted by Crippen LogP contribution is 2.39. The van der Waals surface area contributed by atoms with E-state index in [0.29, 0.717) is 0 Å². The van der Waals surface area contributed by atoms with Crippen LogP contribution in [0.25, 0.3) is 0 Å². The number of nitrogens with zero attached hydrogens (tertiary/aromatic N) is 1. The van der Waals surface area contributed by atoms with Crippen molar-refractivity contribution in [3.05, 3.63) is 29.8 Å². The van der Waals surface area contributed by atoms with Crippen LogP contribution < -0.4 is 10.2 Å². The van der Waals surface area contributed by atoms with E-state index in [2.05, 4.69) is 48.5 Å². The summed E-state index contributed by atoms with van der Waals surface area (Å²) in [5, 5.41) is 3.35. The zero-order valence-electron chi connectivity index (χ0n) is 11.5. The molecular weight excluding hydrogens is 220 g/mol. The highest BCUT2D eigenvalue weighted by molar-refractivity contribution is 5.57. The van der Waals surface area contributed by atoms with Crippen molar-refractivity contribution in [1.29, 1.82) is 0 Å². The number of rotatable bonds is 3. The summed E-state index contributed by atoms with van der Waals surface area (Å²) in [5.74, 6) is 1.63. The third-order valence-corrected chi connectivity index (χ3v) is 4.62. The quantitative estimate of drug-likeness (QED) is 0.879. The second-order valence-corrected chi connectivity index (χ2v) is 6.05. The molecule has 2 heteroatoms. The van der Waals surface area contributed by atoms with Crippen molar-refractivity contribution >= 4 is 5.69 Å². The van der Waals surface area contributed by atoms with E-state index in [1.54, 1.807) is 5.56 Å². The van der Waals surface area contributed by atoms with E-state index in [1.807, 2.05) is 0 Å². The van der Waals surface area contributed by atoms with E-state index in [4.69, 9.17) is 0 Å². The Morgan fingerprint density at radius 2 is 2.11 bits per heavy atom. The van der Waals surface area contributed by atoms with Crippen LogP contribution in [0.2, 0.25) is 0 Å². The minimum Gasteiger partial charge on any atom is -0.368 e. The van der Waals surface area contributed by atoms with E-state index >= 15 is 0 Å². The Hall–Kier alpha value is -1.02. The van der Waals surface area contributed by atoms with Gasteiger partial charge in [-0.3, -0.25) is 0 Å². The van der Waals surface area contributed by atoms with Crippen molar-refractivity contribution in [2.45, 2.75) is 32.2 Å². The molecule has 98 valence electrons. The summed E-state index contributed by atoms with van der Waals surface area (Å²) in [7, 11) is 2.07. The molecule has 0 aromatic heterocycles. The lowest BCUT2D eigenvalue weighted by molar-refractivity contribution is 0.229. The van der Waals surface area contributed by atoms with Crippen molar-refractivity contribution in [3.8, 4) is 0 Å². The molecule has 0 radical (unpaired) electrons. The Morgan fingerprint density at radius 1 is 1.28 bits per heavy atom. The van der Waals surface area contributed by atoms with Gasteiger partial charge in [0.05, 0.1) is 0 Å². The van der Waals surface area contributed by atoms with E-state index in [1.165, 1.54) is 31.5 Å². The number of para-hydroxylation sites is 1. The molecule has 0 amide bonds. The molecule has 1 fully saturated rings. The van der Waals surface area contributed by atoms with Crippen LogP contribution in [0.5, 0.6) is 0 Å². The van der Waals surface area contributed by atoms with Crippen LogP contribution in [0.1, 0.15) is 25.3 Å². The monoisotopic (exact) mass is 244 g/mol. The van der Waals surface area contributed by atoms with Gasteiger partial charge in [0.15, 0.2) is 0 Å². The summed E-state index contributed by atoms with van der Waals surface area (Å²) in [4.78, 5) is 2.69. The van der Waals surface area contributed by atoms with Crippen molar-refractivity contribution in [1.82, 2.24) is 5.32 Å². The molecule has 0 spiro atoms. The van der Waals surface area contributed by atoms with Crippen molar-refractivity contribution in [3.63, 3.8) is 0 Å². The van der Waals surface area contributed by atoms with Gasteiger partial charge in [0.2, 0.25) is 0 Å². The van der Waals surface area contributed by atoms with Crippen molar-refractivity contribution < 1.29 is 0 Å². The molecule has 1 aromatic carbocycles. The first-order valence-electron chi connectivity index (χ1n) is 7.28. The second kappa shape index (κ2) is 4.93. The molecule has 0 saturated heterocycles. The number of nitrogens with one attached hydrogen (secondary N) is 1. The predicted octanol–water partition coefficient (Wildman–Crippen LogP) is 2.68. The van der Waals surface area contributed by atoms with Crippen molar-refractivity contribution in [2.24, 2.45) is 11.8 Å². The van der Waals surface area contributed by atoms with E-state index in [-0.39, 0.29) is 0 Å². The van der Waals surface area contributed by atoms with E-state index in [0.717, 1.165) is 24.4 Å². The zero-order valence-corrected chi connectivity index (χ0v) is 11.5. The number of hydrogen-bond acceptors (Lipinski definition) is 2. The lowest BCUT2D eigenvalue weighted by Gasteiger charge is -2.49. The molecule has 1 aliphatic carbocycles. The average Bonchev–Trinajstić information content (AvgIpc) is 2.34. The van der Waals surface area contributed by atoms with Crippen LogP contribution >= 0.6 is 0 Å². The van der Waals surface area contributed by atoms with Gasteiger partial charge in [0.1, 0.15) is 0 Å². The van der Waals surface area contributed by atoms with Crippen LogP contribution in [-0.4, -0.2) is 26.2 Å². The summed E-state index contributed by atoms with van der Waals surface area (Å²) < 4.78 is 0. The smallest absolute Gasteiger partial charge is 0.0401 e. The summed E-state index contributed by atoms with van der Waals surface area (Å²) in [5.41, 5.74) is 3.05. The van der Waals surface area contributed by atoms with Gasteiger partial charge in [0.25, 0.3) is 0 Å². The maximum absolute atomic E-state index is 3.35. The van der Waals surface area contributed by atoms with Crippen LogP contribution in [0.3, 0.4) is 0 Å². The summed E-state index contributed by atoms with van der Waals surface area (Å²) in [6.07, 6.45) is 4.00. The standard InChI is InChI=1S/C16H24N2/c1-12-9-13-5-3-4-6-15(13)18(11-12)16-8-7-14(16)10-17-2/h3-6,12,14,16-17H,7-11H2,1-2H3. The Balaban J connectivity index is 1.84. The highest BCUT2D eigenvalue weighted by atomic mass is 15.2. The molecule has 1 heterocycles. The maximum Gasteiger partial charge on any atom is 0.0401 e. The molecule has 1 aromatic rings. The fourth-order valence-corrected chi connectivity index (χ4v) is 3.61. The third kappa shape index (κ3) is 2.03. The summed E-state index contributed by atoms with van der Waals surface area (Å²) >= 11 is 0. The first-order chi connectivity index (χ1) is 8.79. The minimum atomic E-state index is 0.765. The summed E-state index contributed by atoms with van der Waals surface area (Å²) in [6, 6.07) is 9.76. The average molecular weight is 244 g/mol. The van der Waals surface area contributed by atoms with Gasteiger partial charge in [-0.2, -0.15) is 0 Å². The van der Waals surface area contributed by atoms with E-state index < -0.39 is 0 Å². The number of hydrogen-bond donors (Lipinski definition) is 1. The van der Waals surface area contributed by atoms with Gasteiger partial charge in [0, 0.05) is 18.3 Å². The summed E-state index contributed by atoms with van der Waals surface area (Å²) in [6.45, 7) is 4.79. The number of fused-ring (bicyclic) bond motifs is 1. The van der Waals surface area contributed by atoms with Gasteiger partial charge in [-0.25, -0.2) is 0 Å². The Morgan fingerprint density at radius 3 is 2.83 bits per heavy atom. The van der Waals surface area contributed by atoms with Crippen molar-refractivity contribution in [2.75, 3.05) is 25.0 Å². The normalized spacial score (nSPS) is 30.8. The first kappa shape index (κ1) is 12.0. The number of anilines is 1. The third-order valence-electron chi connectivity index (χ3n) is 4.62. The Bertz CT molecular complexity index is 415. The lowest BCUT2D eigenvalue weighted by atomic mass is 9.76. The molecule has 1 aliphatic heterocycles. The number of benzene rings is 1. The minimum absolute atomic E-state index is 0.765. The van der Waals surface area contributed by atoms with Crippen LogP contribution in [0.4, 0.5) is 5.69 Å². The molecule has 2 nitrogen and oxygen atoms in total. The second-order valence-electron chi connectivity index (χ2n) is 6.05. The highest BCUT2D eigenvalue weighted by Gasteiger charge is 2.37. The molecule has 2 aliphatic rings. The van der Waals surface area contributed by atoms with Gasteiger partial charge in [-0.05, 0) is 56.3 Å². The fourth-order valence-electron chi connectivity index (χ4n) is 3.61. The topological polar surface area (TPSA) is 15.3 Å². The lowest BCUT2D eigenvalue weighted by Crippen LogP contribution is -2.53. The maximum atomic E-state index is 3.35. The predicted molar refractivity (Wildman–Crippen MR) is 77.1 cm³/mol. The largest absolute Gasteiger partial charge is 0.368 e. The molecule has 3 atom stereocenters. The molecule has 3 unspecified atom stereocenters. The molecule has 3 rings (SSSR count). The van der Waals surface area contributed by atoms with Gasteiger partial charge >= 0.3 is 0 Å². The Labute approximate surface area is 110 Å². The van der Waals surface area contributed by atoms with Crippen LogP contribution in [0.15, 0.2) is 24.3 Å². The fraction of sp³-hybridized carbons (Fsp3) is 0.625. The SMILES string of the molecule is CNCC1CCC1N1CC(C)Cc2ccccc21. The first-order valence-corrected chi connectivity index (χ1v) is 7.28. The molecule has 0 bridgehead atoms. The van der Waals surface area contributed by atoms with Gasteiger partial charge in [-0.15, -0.1) is 0 Å². The van der Waals surface area contributed by atoms with E-state index in [9.17, 15) is 0 Å².